The van der Waals surface area contributed by atoms with Gasteiger partial charge in [-0.25, -0.2) is 0 Å². The highest BCUT2D eigenvalue weighted by atomic mass is 35.6. The Morgan fingerprint density at radius 2 is 0.477 bits per heavy atom. The molecular weight excluding hydrogens is 1390 g/mol. The van der Waals surface area contributed by atoms with Crippen molar-refractivity contribution >= 4 is 250 Å². The first-order valence-corrected chi connectivity index (χ1v) is 32.2. The summed E-state index contributed by atoms with van der Waals surface area (Å²) in [7, 11) is 0. The summed E-state index contributed by atoms with van der Waals surface area (Å²) in [5.41, 5.74) is 1.42. The molecule has 0 fully saturated rings. The predicted octanol–water partition coefficient (Wildman–Crippen LogP) is 20.2. The molecule has 0 saturated heterocycles. The van der Waals surface area contributed by atoms with E-state index in [-0.39, 0.29) is 33.1 Å². The molecule has 22 heteroatoms. The molecule has 0 heterocycles. The van der Waals surface area contributed by atoms with Crippen molar-refractivity contribution < 1.29 is 0 Å². The molecule has 9 rings (SSSR count). The van der Waals surface area contributed by atoms with Crippen molar-refractivity contribution in [1.82, 2.24) is 0 Å². The van der Waals surface area contributed by atoms with E-state index in [0.29, 0.717) is 64.0 Å². The molecule has 442 valence electrons. The van der Waals surface area contributed by atoms with E-state index < -0.39 is 17.2 Å². The van der Waals surface area contributed by atoms with Gasteiger partial charge in [-0.15, -0.1) is 0 Å². The Hall–Kier alpha value is -5.88. The number of hydrogen-bond donors (Lipinski definition) is 0. The molecule has 0 bridgehead atoms. The molecule has 0 amide bonds. The lowest BCUT2D eigenvalue weighted by atomic mass is 9.87. The molecule has 0 aliphatic rings. The average molecular weight is 1440 g/mol. The summed E-state index contributed by atoms with van der Waals surface area (Å²) in [6.45, 7) is 12.9. The topological polar surface area (TPSA) is 190 Å². The van der Waals surface area contributed by atoms with Crippen molar-refractivity contribution in [2.45, 2.75) is 89.1 Å². The lowest BCUT2D eigenvalue weighted by Crippen LogP contribution is -2.19. The first kappa shape index (κ1) is 72.9. The summed E-state index contributed by atoms with van der Waals surface area (Å²) < 4.78 is -3.00. The Morgan fingerprint density at radius 1 is 0.295 bits per heavy atom. The van der Waals surface area contributed by atoms with Crippen LogP contribution in [0.4, 0.5) is 0 Å². The van der Waals surface area contributed by atoms with Gasteiger partial charge in [0.15, 0.2) is 17.2 Å². The predicted molar refractivity (Wildman–Crippen MR) is 372 cm³/mol. The van der Waals surface area contributed by atoms with E-state index in [4.69, 9.17) is 139 Å². The van der Waals surface area contributed by atoms with Crippen molar-refractivity contribution in [2.75, 3.05) is 0 Å². The quantitative estimate of drug-likeness (QED) is 0.121. The third-order valence-electron chi connectivity index (χ3n) is 13.1. The third-order valence-corrected chi connectivity index (χ3v) is 15.4. The number of fused-ring (bicyclic) bond motifs is 6. The standard InChI is InChI=1S/C62H38N8S2.4CHCl3/c1-61(2,3)39-15-19-41(20-16-39)71-59-51-23-47-49(57(37(31-67)32-68)45-13-9-7-11-43(45)55(47)35(27-63)28-64)25-53(51)60(72-42-21-17-40(18-22-42)62(4,5)6)54-26-50-48(24-52(54)59)56(36(29-65)30-66)44-12-8-10-14-46(44)58(50)38(33-69)34-70;4*2-1(3)4/h7-26H,1-6H3;4*1H. The van der Waals surface area contributed by atoms with E-state index >= 15 is 0 Å². The van der Waals surface area contributed by atoms with Crippen molar-refractivity contribution in [3.8, 4) is 48.6 Å². The van der Waals surface area contributed by atoms with Crippen LogP contribution in [0.2, 0.25) is 0 Å². The highest BCUT2D eigenvalue weighted by molar-refractivity contribution is 8.00. The number of benzene rings is 9. The van der Waals surface area contributed by atoms with Crippen LogP contribution in [0.3, 0.4) is 0 Å². The third kappa shape index (κ3) is 17.7. The lowest BCUT2D eigenvalue weighted by Gasteiger charge is -2.21. The van der Waals surface area contributed by atoms with Gasteiger partial charge in [0.05, 0.1) is 0 Å². The number of nitrogens with zero attached hydrogens (tertiary/aromatic N) is 8. The molecule has 88 heavy (non-hydrogen) atoms. The highest BCUT2D eigenvalue weighted by Gasteiger charge is 2.24. The molecule has 8 nitrogen and oxygen atoms in total. The fourth-order valence-corrected chi connectivity index (χ4v) is 11.7. The van der Waals surface area contributed by atoms with Gasteiger partial charge in [0.1, 0.15) is 70.8 Å². The summed E-state index contributed by atoms with van der Waals surface area (Å²) in [5.74, 6) is 0. The van der Waals surface area contributed by atoms with E-state index in [1.54, 1.807) is 48.5 Å². The molecular formula is C66H42Cl12N8S2. The molecule has 0 N–H and O–H groups in total. The van der Waals surface area contributed by atoms with Gasteiger partial charge in [0.2, 0.25) is 0 Å². The molecule has 0 aliphatic heterocycles. The van der Waals surface area contributed by atoms with Crippen molar-refractivity contribution in [3.05, 3.63) is 153 Å². The fourth-order valence-electron chi connectivity index (χ4n) is 9.61. The van der Waals surface area contributed by atoms with E-state index in [1.807, 2.05) is 24.3 Å². The first-order valence-electron chi connectivity index (χ1n) is 25.3. The zero-order valence-corrected chi connectivity index (χ0v) is 57.5. The summed E-state index contributed by atoms with van der Waals surface area (Å²) in [5, 5.41) is 93.1. The minimum absolute atomic E-state index is 0.130. The van der Waals surface area contributed by atoms with E-state index in [2.05, 4.69) is 139 Å². The maximum atomic E-state index is 10.6. The normalized spacial score (nSPS) is 10.8. The monoisotopic (exact) mass is 1430 g/mol. The fraction of sp³-hybridized carbons (Fsp3) is 0.182. The Labute approximate surface area is 577 Å². The molecule has 9 aromatic carbocycles. The van der Waals surface area contributed by atoms with E-state index in [1.165, 1.54) is 23.5 Å². The van der Waals surface area contributed by atoms with Gasteiger partial charge < -0.3 is 0 Å². The van der Waals surface area contributed by atoms with Gasteiger partial charge in [0.25, 0.3) is 0 Å². The number of nitriles is 8. The number of rotatable bonds is 4. The minimum Gasteiger partial charge on any atom is -0.192 e. The number of halogens is 12. The lowest BCUT2D eigenvalue weighted by molar-refractivity contribution is 0.589. The Balaban J connectivity index is 0.000000789. The van der Waals surface area contributed by atoms with Crippen LogP contribution in [0.1, 0.15) is 52.7 Å². The molecule has 0 spiro atoms. The smallest absolute Gasteiger partial charge is 0.180 e. The zero-order valence-electron chi connectivity index (χ0n) is 46.8. The van der Waals surface area contributed by atoms with Gasteiger partial charge in [-0.05, 0) is 135 Å². The van der Waals surface area contributed by atoms with E-state index in [9.17, 15) is 42.1 Å². The molecule has 0 unspecified atom stereocenters. The van der Waals surface area contributed by atoms with Crippen LogP contribution in [0, 0.1) is 90.6 Å². The molecule has 0 aliphatic carbocycles. The minimum atomic E-state index is -0.750. The Morgan fingerprint density at radius 3 is 0.636 bits per heavy atom. The summed E-state index contributed by atoms with van der Waals surface area (Å²) >= 11 is 60.7. The Kier molecular flexibility index (Phi) is 27.1. The first-order chi connectivity index (χ1) is 41.6. The molecule has 0 radical (unpaired) electrons. The van der Waals surface area contributed by atoms with Crippen LogP contribution < -0.4 is 20.9 Å². The number of hydrogen-bond acceptors (Lipinski definition) is 10. The summed E-state index contributed by atoms with van der Waals surface area (Å²) in [6.07, 6.45) is 0. The van der Waals surface area contributed by atoms with Crippen LogP contribution in [0.5, 0.6) is 0 Å². The maximum Gasteiger partial charge on any atom is 0.180 e. The van der Waals surface area contributed by atoms with Crippen LogP contribution in [-0.2, 0) is 10.8 Å². The molecule has 0 atom stereocenters. The zero-order chi connectivity index (χ0) is 65.5. The second-order valence-electron chi connectivity index (χ2n) is 20.3. The largest absolute Gasteiger partial charge is 0.192 e. The molecule has 0 aromatic heterocycles. The highest BCUT2D eigenvalue weighted by Crippen LogP contribution is 2.49. The van der Waals surface area contributed by atoms with Crippen molar-refractivity contribution in [1.29, 1.82) is 42.1 Å². The Bertz CT molecular complexity index is 4190. The number of alkyl halides is 12. The molecule has 9 aromatic rings. The molecule has 0 saturated carbocycles. The SMILES string of the molecule is CC(C)(C)c1ccc(Sc2c3cc4c(=C(C#N)C#N)c5ccccc5c(=C(C#N)C#N)c4cc3c(Sc3ccc(C(C)(C)C)cc3)c3cc4c(=C(C#N)C#N)c5ccccc5c(=C(C#N)C#N)c4cc23)cc1.ClC(Cl)Cl.ClC(Cl)Cl.ClC(Cl)Cl.ClC(Cl)Cl. The van der Waals surface area contributed by atoms with Gasteiger partial charge in [-0.1, -0.05) is 277 Å². The van der Waals surface area contributed by atoms with Gasteiger partial charge >= 0.3 is 0 Å². The maximum absolute atomic E-state index is 10.6. The summed E-state index contributed by atoms with van der Waals surface area (Å²) in [4.78, 5) is 3.28. The summed E-state index contributed by atoms with van der Waals surface area (Å²) in [6, 6.07) is 55.8. The van der Waals surface area contributed by atoms with Crippen LogP contribution in [0.15, 0.2) is 141 Å². The van der Waals surface area contributed by atoms with Crippen molar-refractivity contribution in [2.24, 2.45) is 0 Å². The van der Waals surface area contributed by atoms with Crippen LogP contribution >= 0.6 is 163 Å². The van der Waals surface area contributed by atoms with Crippen LogP contribution in [0.25, 0.3) is 86.9 Å². The van der Waals surface area contributed by atoms with Crippen LogP contribution in [-0.4, -0.2) is 17.2 Å². The van der Waals surface area contributed by atoms with E-state index in [0.717, 1.165) is 52.3 Å². The van der Waals surface area contributed by atoms with Gasteiger partial charge in [-0.2, -0.15) is 42.1 Å². The average Bonchev–Trinajstić information content (AvgIpc) is 0.762. The van der Waals surface area contributed by atoms with Crippen molar-refractivity contribution in [3.63, 3.8) is 0 Å². The van der Waals surface area contributed by atoms with Gasteiger partial charge in [-0.3, -0.25) is 0 Å². The second kappa shape index (κ2) is 32.7. The second-order valence-corrected chi connectivity index (χ2v) is 30.4. The van der Waals surface area contributed by atoms with Gasteiger partial charge in [0, 0.05) is 40.5 Å².